The molecule has 3 aromatic rings. The van der Waals surface area contributed by atoms with Crippen LogP contribution >= 0.6 is 0 Å². The highest BCUT2D eigenvalue weighted by molar-refractivity contribution is 5.70. The van der Waals surface area contributed by atoms with Crippen LogP contribution in [0.15, 0.2) is 71.3 Å². The summed E-state index contributed by atoms with van der Waals surface area (Å²) in [7, 11) is 3.92. The zero-order valence-electron chi connectivity index (χ0n) is 21.0. The van der Waals surface area contributed by atoms with E-state index in [2.05, 4.69) is 4.98 Å². The summed E-state index contributed by atoms with van der Waals surface area (Å²) >= 11 is 0. The molecule has 1 fully saturated rings. The Labute approximate surface area is 208 Å². The molecule has 6 nitrogen and oxygen atoms in total. The molecule has 1 aromatic heterocycles. The Balaban J connectivity index is 1.47. The second kappa shape index (κ2) is 10.8. The fraction of sp³-hybridized carbons (Fsp3) is 0.448. The number of esters is 1. The first-order chi connectivity index (χ1) is 16.8. The van der Waals surface area contributed by atoms with Crippen LogP contribution in [0.3, 0.4) is 0 Å². The van der Waals surface area contributed by atoms with Gasteiger partial charge in [0.1, 0.15) is 12.6 Å². The number of likely N-dealkylation sites (N-methyl/N-ethyl adjacent to an activating group) is 1. The Morgan fingerprint density at radius 1 is 1.09 bits per heavy atom. The molecule has 0 bridgehead atoms. The van der Waals surface area contributed by atoms with Crippen LogP contribution in [0.5, 0.6) is 0 Å². The molecular formula is C29H37N2O4+. The summed E-state index contributed by atoms with van der Waals surface area (Å²) in [5.74, 6) is 0.765. The maximum atomic E-state index is 12.7. The maximum absolute atomic E-state index is 12.7. The number of quaternary nitrogens is 1. The van der Waals surface area contributed by atoms with Crippen molar-refractivity contribution < 1.29 is 23.5 Å². The van der Waals surface area contributed by atoms with Gasteiger partial charge in [0.05, 0.1) is 20.3 Å². The highest BCUT2D eigenvalue weighted by Crippen LogP contribution is 2.43. The summed E-state index contributed by atoms with van der Waals surface area (Å²) in [5.41, 5.74) is 0.516. The van der Waals surface area contributed by atoms with E-state index in [1.54, 1.807) is 6.20 Å². The molecule has 35 heavy (non-hydrogen) atoms. The monoisotopic (exact) mass is 477 g/mol. The van der Waals surface area contributed by atoms with Gasteiger partial charge in [-0.1, -0.05) is 79.9 Å². The van der Waals surface area contributed by atoms with Crippen molar-refractivity contribution in [1.82, 2.24) is 4.98 Å². The second-order valence-electron chi connectivity index (χ2n) is 10.4. The number of nitrogens with zero attached hydrogens (tertiary/aromatic N) is 2. The van der Waals surface area contributed by atoms with E-state index < -0.39 is 5.60 Å². The third kappa shape index (κ3) is 6.00. The van der Waals surface area contributed by atoms with Gasteiger partial charge in [-0.25, -0.2) is 9.78 Å². The van der Waals surface area contributed by atoms with Gasteiger partial charge >= 0.3 is 5.97 Å². The maximum Gasteiger partial charge on any atom is 0.362 e. The van der Waals surface area contributed by atoms with Crippen LogP contribution in [0.2, 0.25) is 0 Å². The molecule has 6 heteroatoms. The summed E-state index contributed by atoms with van der Waals surface area (Å²) in [4.78, 5) is 17.2. The molecule has 1 aliphatic carbocycles. The summed E-state index contributed by atoms with van der Waals surface area (Å²) in [5, 5.41) is 12.0. The molecule has 1 aliphatic rings. The fourth-order valence-electron chi connectivity index (χ4n) is 5.16. The molecule has 2 aromatic carbocycles. The molecule has 1 unspecified atom stereocenters. The van der Waals surface area contributed by atoms with Gasteiger partial charge in [0.2, 0.25) is 5.89 Å². The Hall–Kier alpha value is -2.96. The molecule has 1 saturated carbocycles. The van der Waals surface area contributed by atoms with Crippen LogP contribution in [-0.4, -0.2) is 41.2 Å². The van der Waals surface area contributed by atoms with Crippen molar-refractivity contribution in [3.8, 4) is 0 Å². The van der Waals surface area contributed by atoms with Crippen molar-refractivity contribution in [3.05, 3.63) is 89.6 Å². The average Bonchev–Trinajstić information content (AvgIpc) is 3.32. The number of oxazole rings is 1. The van der Waals surface area contributed by atoms with E-state index >= 15 is 0 Å². The topological polar surface area (TPSA) is 72.6 Å². The van der Waals surface area contributed by atoms with Crippen molar-refractivity contribution >= 4 is 5.97 Å². The molecule has 0 spiro atoms. The van der Waals surface area contributed by atoms with Crippen molar-refractivity contribution in [2.75, 3.05) is 20.6 Å². The van der Waals surface area contributed by atoms with Crippen molar-refractivity contribution in [1.29, 1.82) is 0 Å². The number of hydrogen-bond donors (Lipinski definition) is 1. The summed E-state index contributed by atoms with van der Waals surface area (Å²) < 4.78 is 12.2. The van der Waals surface area contributed by atoms with Gasteiger partial charge in [-0.15, -0.1) is 0 Å². The molecule has 4 rings (SSSR count). The number of rotatable bonds is 9. The van der Waals surface area contributed by atoms with E-state index in [1.165, 1.54) is 6.42 Å². The highest BCUT2D eigenvalue weighted by Gasteiger charge is 2.45. The number of ether oxygens (including phenoxy) is 1. The van der Waals surface area contributed by atoms with Gasteiger partial charge in [0.15, 0.2) is 17.9 Å². The number of carbonyl (C=O) groups is 1. The van der Waals surface area contributed by atoms with E-state index in [4.69, 9.17) is 9.15 Å². The Morgan fingerprint density at radius 2 is 1.71 bits per heavy atom. The number of aliphatic hydroxyl groups is 1. The van der Waals surface area contributed by atoms with Crippen LogP contribution < -0.4 is 0 Å². The summed E-state index contributed by atoms with van der Waals surface area (Å²) in [6.07, 6.45) is 6.65. The first-order valence-electron chi connectivity index (χ1n) is 12.6. The van der Waals surface area contributed by atoms with E-state index in [0.717, 1.165) is 36.8 Å². The van der Waals surface area contributed by atoms with Crippen molar-refractivity contribution in [2.45, 2.75) is 57.3 Å². The van der Waals surface area contributed by atoms with Crippen LogP contribution in [0.1, 0.15) is 67.9 Å². The first kappa shape index (κ1) is 25.1. The third-order valence-corrected chi connectivity index (χ3v) is 7.01. The van der Waals surface area contributed by atoms with Crippen LogP contribution in [0.25, 0.3) is 0 Å². The summed E-state index contributed by atoms with van der Waals surface area (Å²) in [6.45, 7) is 2.53. The zero-order valence-corrected chi connectivity index (χ0v) is 21.0. The van der Waals surface area contributed by atoms with Crippen LogP contribution in [0, 0.1) is 5.92 Å². The zero-order chi connectivity index (χ0) is 24.9. The quantitative estimate of drug-likeness (QED) is 0.331. The van der Waals surface area contributed by atoms with E-state index in [0.29, 0.717) is 22.7 Å². The normalized spacial score (nSPS) is 17.5. The molecule has 2 atom stereocenters. The minimum absolute atomic E-state index is 0.0575. The lowest BCUT2D eigenvalue weighted by atomic mass is 9.73. The molecular weight excluding hydrogens is 440 g/mol. The lowest BCUT2D eigenvalue weighted by Gasteiger charge is -2.36. The Kier molecular flexibility index (Phi) is 7.72. The van der Waals surface area contributed by atoms with Gasteiger partial charge in [-0.2, -0.15) is 0 Å². The third-order valence-electron chi connectivity index (χ3n) is 7.01. The van der Waals surface area contributed by atoms with E-state index in [9.17, 15) is 9.90 Å². The number of carbonyl (C=O) groups excluding carboxylic acids is 1. The standard InChI is InChI=1S/C29H37N2O4/c1-22(23-13-7-4-8-14-23)34-27(32)21-31(2,3)20-26-19-30-28(35-26)29(33,24-15-9-5-10-16-24)25-17-11-6-12-18-25/h4-5,7-10,13-16,19,22,25,33H,6,11-12,17-18,20-21H2,1-3H3/q+1/t22-,29?/m1/s1. The van der Waals surface area contributed by atoms with E-state index in [1.807, 2.05) is 81.7 Å². The molecule has 1 N–H and O–H groups in total. The average molecular weight is 478 g/mol. The lowest BCUT2D eigenvalue weighted by Crippen LogP contribution is -2.43. The first-order valence-corrected chi connectivity index (χ1v) is 12.6. The number of benzene rings is 2. The Bertz CT molecular complexity index is 1090. The molecule has 0 saturated heterocycles. The Morgan fingerprint density at radius 3 is 2.37 bits per heavy atom. The van der Waals surface area contributed by atoms with Gasteiger partial charge in [0, 0.05) is 5.92 Å². The number of aromatic nitrogens is 1. The molecule has 0 radical (unpaired) electrons. The second-order valence-corrected chi connectivity index (χ2v) is 10.4. The molecule has 1 heterocycles. The minimum Gasteiger partial charge on any atom is -0.454 e. The number of hydrogen-bond acceptors (Lipinski definition) is 5. The largest absolute Gasteiger partial charge is 0.454 e. The lowest BCUT2D eigenvalue weighted by molar-refractivity contribution is -0.897. The molecule has 186 valence electrons. The smallest absolute Gasteiger partial charge is 0.362 e. The van der Waals surface area contributed by atoms with Crippen molar-refractivity contribution in [3.63, 3.8) is 0 Å². The van der Waals surface area contributed by atoms with Crippen LogP contribution in [-0.2, 0) is 21.7 Å². The van der Waals surface area contributed by atoms with E-state index in [-0.39, 0.29) is 24.5 Å². The minimum atomic E-state index is -1.26. The van der Waals surface area contributed by atoms with Crippen LogP contribution in [0.4, 0.5) is 0 Å². The van der Waals surface area contributed by atoms with Gasteiger partial charge in [0.25, 0.3) is 0 Å². The predicted octanol–water partition coefficient (Wildman–Crippen LogP) is 5.37. The predicted molar refractivity (Wildman–Crippen MR) is 134 cm³/mol. The SMILES string of the molecule is C[C@@H](OC(=O)C[N+](C)(C)Cc1cnc(C(O)(c2ccccc2)C2CCCCC2)o1)c1ccccc1. The fourth-order valence-corrected chi connectivity index (χ4v) is 5.16. The van der Waals surface area contributed by atoms with Gasteiger partial charge in [-0.3, -0.25) is 0 Å². The highest BCUT2D eigenvalue weighted by atomic mass is 16.5. The molecule has 0 aliphatic heterocycles. The molecule has 0 amide bonds. The van der Waals surface area contributed by atoms with Crippen molar-refractivity contribution in [2.24, 2.45) is 5.92 Å². The summed E-state index contributed by atoms with van der Waals surface area (Å²) in [6, 6.07) is 19.4. The van der Waals surface area contributed by atoms with Gasteiger partial charge in [-0.05, 0) is 30.9 Å². The van der Waals surface area contributed by atoms with Gasteiger partial charge < -0.3 is 18.7 Å².